The number of morpholine rings is 1. The van der Waals surface area contributed by atoms with Crippen LogP contribution in [-0.2, 0) is 11.2 Å². The molecule has 0 unspecified atom stereocenters. The van der Waals surface area contributed by atoms with Crippen molar-refractivity contribution in [3.63, 3.8) is 0 Å². The Labute approximate surface area is 165 Å². The largest absolute Gasteiger partial charge is 0.474 e. The van der Waals surface area contributed by atoms with E-state index in [0.29, 0.717) is 12.0 Å². The second-order valence-corrected chi connectivity index (χ2v) is 9.22. The van der Waals surface area contributed by atoms with Gasteiger partial charge in [0.1, 0.15) is 17.3 Å². The predicted molar refractivity (Wildman–Crippen MR) is 108 cm³/mol. The topological polar surface area (TPSA) is 47.5 Å². The maximum Gasteiger partial charge on any atom is 0.225 e. The van der Waals surface area contributed by atoms with Crippen LogP contribution in [0.4, 0.5) is 0 Å². The van der Waals surface area contributed by atoms with E-state index in [1.54, 1.807) is 6.33 Å². The average molecular weight is 388 g/mol. The molecule has 2 fully saturated rings. The molecule has 0 amide bonds. The van der Waals surface area contributed by atoms with Gasteiger partial charge in [-0.2, -0.15) is 0 Å². The minimum absolute atomic E-state index is 0.289. The summed E-state index contributed by atoms with van der Waals surface area (Å²) in [5, 5.41) is 1.22. The molecule has 0 bridgehead atoms. The molecule has 1 atom stereocenters. The SMILES string of the molecule is CC[C@H]1CCc2sc3ncnc(O[C@H]4CC[C@H](N5CCOCC5)CC4)c3c21. The minimum atomic E-state index is 0.289. The first kappa shape index (κ1) is 17.8. The van der Waals surface area contributed by atoms with Gasteiger partial charge < -0.3 is 9.47 Å². The fourth-order valence-corrected chi connectivity index (χ4v) is 6.40. The van der Waals surface area contributed by atoms with E-state index in [4.69, 9.17) is 9.47 Å². The number of aryl methyl sites for hydroxylation is 1. The first-order valence-corrected chi connectivity index (χ1v) is 11.4. The number of thiophene rings is 1. The van der Waals surface area contributed by atoms with Crippen LogP contribution >= 0.6 is 11.3 Å². The van der Waals surface area contributed by atoms with E-state index in [1.807, 2.05) is 11.3 Å². The summed E-state index contributed by atoms with van der Waals surface area (Å²) < 4.78 is 12.0. The standard InChI is InChI=1S/C21H29N3O2S/c1-2-14-3-8-17-18(14)19-20(22-13-23-21(19)27-17)26-16-6-4-15(5-7-16)24-9-11-25-12-10-24/h13-16H,2-12H2,1H3/t14-,15-,16-/m0/s1. The number of aromatic nitrogens is 2. The Balaban J connectivity index is 1.31. The molecule has 2 aliphatic carbocycles. The summed E-state index contributed by atoms with van der Waals surface area (Å²) >= 11 is 1.85. The van der Waals surface area contributed by atoms with E-state index in [9.17, 15) is 0 Å². The van der Waals surface area contributed by atoms with Gasteiger partial charge in [-0.25, -0.2) is 9.97 Å². The predicted octanol–water partition coefficient (Wildman–Crippen LogP) is 4.15. The van der Waals surface area contributed by atoms with Crippen LogP contribution < -0.4 is 4.74 Å². The molecular weight excluding hydrogens is 358 g/mol. The number of fused-ring (bicyclic) bond motifs is 3. The van der Waals surface area contributed by atoms with Crippen LogP contribution in [0.1, 0.15) is 61.8 Å². The molecule has 1 saturated carbocycles. The first-order chi connectivity index (χ1) is 13.3. The van der Waals surface area contributed by atoms with Gasteiger partial charge in [0.25, 0.3) is 0 Å². The van der Waals surface area contributed by atoms with Crippen molar-refractivity contribution >= 4 is 21.6 Å². The van der Waals surface area contributed by atoms with Crippen molar-refractivity contribution in [3.05, 3.63) is 16.8 Å². The number of hydrogen-bond acceptors (Lipinski definition) is 6. The summed E-state index contributed by atoms with van der Waals surface area (Å²) in [5.41, 5.74) is 1.50. The molecule has 2 aromatic rings. The summed E-state index contributed by atoms with van der Waals surface area (Å²) in [6, 6.07) is 0.703. The van der Waals surface area contributed by atoms with Crippen LogP contribution in [0.25, 0.3) is 10.2 Å². The van der Waals surface area contributed by atoms with E-state index in [-0.39, 0.29) is 6.10 Å². The molecule has 6 heteroatoms. The van der Waals surface area contributed by atoms with Crippen molar-refractivity contribution in [2.24, 2.45) is 0 Å². The lowest BCUT2D eigenvalue weighted by Gasteiger charge is -2.38. The van der Waals surface area contributed by atoms with Crippen molar-refractivity contribution in [2.75, 3.05) is 26.3 Å². The summed E-state index contributed by atoms with van der Waals surface area (Å²) in [4.78, 5) is 14.4. The number of nitrogens with zero attached hydrogens (tertiary/aromatic N) is 3. The lowest BCUT2D eigenvalue weighted by Crippen LogP contribution is -2.46. The zero-order chi connectivity index (χ0) is 18.2. The van der Waals surface area contributed by atoms with Crippen LogP contribution in [0, 0.1) is 0 Å². The highest BCUT2D eigenvalue weighted by Gasteiger charge is 2.31. The van der Waals surface area contributed by atoms with Crippen molar-refractivity contribution in [2.45, 2.75) is 69.9 Å². The Bertz CT molecular complexity index is 794. The van der Waals surface area contributed by atoms with Gasteiger partial charge in [0, 0.05) is 24.0 Å². The molecule has 0 radical (unpaired) electrons. The Morgan fingerprint density at radius 3 is 2.74 bits per heavy atom. The van der Waals surface area contributed by atoms with Gasteiger partial charge >= 0.3 is 0 Å². The average Bonchev–Trinajstić information content (AvgIpc) is 3.28. The van der Waals surface area contributed by atoms with Crippen molar-refractivity contribution < 1.29 is 9.47 Å². The van der Waals surface area contributed by atoms with Gasteiger partial charge in [-0.1, -0.05) is 6.92 Å². The second kappa shape index (κ2) is 7.64. The summed E-state index contributed by atoms with van der Waals surface area (Å²) in [7, 11) is 0. The Kier molecular flexibility index (Phi) is 5.05. The molecule has 5 rings (SSSR count). The molecule has 5 nitrogen and oxygen atoms in total. The monoisotopic (exact) mass is 387 g/mol. The molecular formula is C21H29N3O2S. The maximum atomic E-state index is 6.49. The van der Waals surface area contributed by atoms with Gasteiger partial charge in [-0.3, -0.25) is 4.90 Å². The third-order valence-electron chi connectivity index (χ3n) is 6.67. The van der Waals surface area contributed by atoms with E-state index in [0.717, 1.165) is 49.9 Å². The molecule has 3 aliphatic rings. The van der Waals surface area contributed by atoms with Crippen LogP contribution in [0.3, 0.4) is 0 Å². The molecule has 0 spiro atoms. The number of ether oxygens (including phenoxy) is 2. The molecule has 27 heavy (non-hydrogen) atoms. The highest BCUT2D eigenvalue weighted by molar-refractivity contribution is 7.19. The normalized spacial score (nSPS) is 29.1. The molecule has 3 heterocycles. The smallest absolute Gasteiger partial charge is 0.225 e. The van der Waals surface area contributed by atoms with Crippen LogP contribution in [-0.4, -0.2) is 53.3 Å². The second-order valence-electron chi connectivity index (χ2n) is 8.14. The van der Waals surface area contributed by atoms with Crippen LogP contribution in [0.15, 0.2) is 6.33 Å². The van der Waals surface area contributed by atoms with Crippen molar-refractivity contribution in [1.29, 1.82) is 0 Å². The summed E-state index contributed by atoms with van der Waals surface area (Å²) in [6.07, 6.45) is 10.3. The van der Waals surface area contributed by atoms with Crippen LogP contribution in [0.2, 0.25) is 0 Å². The molecule has 146 valence electrons. The zero-order valence-electron chi connectivity index (χ0n) is 16.2. The first-order valence-electron chi connectivity index (χ1n) is 10.6. The lowest BCUT2D eigenvalue weighted by atomic mass is 9.91. The van der Waals surface area contributed by atoms with Crippen molar-refractivity contribution in [1.82, 2.24) is 14.9 Å². The fraction of sp³-hybridized carbons (Fsp3) is 0.714. The van der Waals surface area contributed by atoms with Gasteiger partial charge in [-0.15, -0.1) is 11.3 Å². The zero-order valence-corrected chi connectivity index (χ0v) is 17.0. The molecule has 1 saturated heterocycles. The number of hydrogen-bond donors (Lipinski definition) is 0. The highest BCUT2D eigenvalue weighted by Crippen LogP contribution is 2.47. The third kappa shape index (κ3) is 3.36. The van der Waals surface area contributed by atoms with E-state index in [1.165, 1.54) is 47.9 Å². The molecule has 0 aromatic carbocycles. The van der Waals surface area contributed by atoms with Crippen LogP contribution in [0.5, 0.6) is 5.88 Å². The molecule has 1 aliphatic heterocycles. The number of rotatable bonds is 4. The molecule has 0 N–H and O–H groups in total. The fourth-order valence-electron chi connectivity index (χ4n) is 5.17. The lowest BCUT2D eigenvalue weighted by molar-refractivity contribution is -0.00126. The summed E-state index contributed by atoms with van der Waals surface area (Å²) in [6.45, 7) is 6.24. The van der Waals surface area contributed by atoms with Gasteiger partial charge in [0.15, 0.2) is 0 Å². The maximum absolute atomic E-state index is 6.49. The van der Waals surface area contributed by atoms with E-state index < -0.39 is 0 Å². The Hall–Kier alpha value is -1.24. The molecule has 2 aromatic heterocycles. The Morgan fingerprint density at radius 2 is 1.96 bits per heavy atom. The third-order valence-corrected chi connectivity index (χ3v) is 7.85. The van der Waals surface area contributed by atoms with E-state index >= 15 is 0 Å². The van der Waals surface area contributed by atoms with Gasteiger partial charge in [0.05, 0.1) is 18.6 Å². The minimum Gasteiger partial charge on any atom is -0.474 e. The van der Waals surface area contributed by atoms with Gasteiger partial charge in [-0.05, 0) is 56.4 Å². The quantitative estimate of drug-likeness (QED) is 0.789. The Morgan fingerprint density at radius 1 is 1.15 bits per heavy atom. The van der Waals surface area contributed by atoms with E-state index in [2.05, 4.69) is 21.8 Å². The summed E-state index contributed by atoms with van der Waals surface area (Å²) in [5.74, 6) is 1.49. The van der Waals surface area contributed by atoms with Crippen molar-refractivity contribution in [3.8, 4) is 5.88 Å². The highest BCUT2D eigenvalue weighted by atomic mass is 32.1. The van der Waals surface area contributed by atoms with Gasteiger partial charge in [0.2, 0.25) is 5.88 Å².